The molecule has 0 bridgehead atoms. The molecule has 1 aliphatic rings. The quantitative estimate of drug-likeness (QED) is 0.797. The summed E-state index contributed by atoms with van der Waals surface area (Å²) in [5.41, 5.74) is 6.16. The fourth-order valence-electron chi connectivity index (χ4n) is 2.92. The highest BCUT2D eigenvalue weighted by atomic mass is 16.3. The third kappa shape index (κ3) is 3.79. The Balaban J connectivity index is 1.99. The molecule has 5 nitrogen and oxygen atoms in total. The van der Waals surface area contributed by atoms with Gasteiger partial charge in [-0.3, -0.25) is 4.79 Å². The zero-order valence-corrected chi connectivity index (χ0v) is 13.2. The van der Waals surface area contributed by atoms with Crippen molar-refractivity contribution in [1.29, 1.82) is 0 Å². The van der Waals surface area contributed by atoms with Gasteiger partial charge in [0, 0.05) is 18.8 Å². The molecule has 1 amide bonds. The molecule has 0 atom stereocenters. The summed E-state index contributed by atoms with van der Waals surface area (Å²) in [6.45, 7) is 6.52. The maximum absolute atomic E-state index is 12.3. The Bertz CT molecular complexity index is 500. The van der Waals surface area contributed by atoms with E-state index in [0.717, 1.165) is 25.7 Å². The minimum absolute atomic E-state index is 0.168. The average molecular weight is 293 g/mol. The first-order valence-corrected chi connectivity index (χ1v) is 7.79. The number of amides is 1. The molecule has 1 aromatic heterocycles. The number of rotatable bonds is 4. The van der Waals surface area contributed by atoms with Crippen LogP contribution in [0.1, 0.15) is 63.0 Å². The zero-order valence-electron chi connectivity index (χ0n) is 13.2. The van der Waals surface area contributed by atoms with Crippen LogP contribution in [0.2, 0.25) is 0 Å². The van der Waals surface area contributed by atoms with E-state index in [1.807, 2.05) is 18.4 Å². The number of nitrogen functional groups attached to an aromatic ring is 1. The summed E-state index contributed by atoms with van der Waals surface area (Å²) >= 11 is 0. The van der Waals surface area contributed by atoms with Crippen LogP contribution in [0.4, 0.5) is 5.69 Å². The lowest BCUT2D eigenvalue weighted by Gasteiger charge is -2.35. The second-order valence-electron chi connectivity index (χ2n) is 6.75. The number of nitrogens with one attached hydrogen (secondary N) is 1. The SMILES string of the molecule is CC1CCC(O)(CNC(=O)c2cc(N)cn2C(C)C)CC1. The van der Waals surface area contributed by atoms with Crippen molar-refractivity contribution in [2.45, 2.75) is 58.1 Å². The molecule has 118 valence electrons. The number of aromatic nitrogens is 1. The summed E-state index contributed by atoms with van der Waals surface area (Å²) in [6, 6.07) is 1.85. The molecule has 0 spiro atoms. The number of carbonyl (C=O) groups excluding carboxylic acids is 1. The molecule has 1 heterocycles. The molecule has 1 aromatic rings. The first-order chi connectivity index (χ1) is 9.81. The van der Waals surface area contributed by atoms with Gasteiger partial charge in [0.05, 0.1) is 11.3 Å². The molecule has 21 heavy (non-hydrogen) atoms. The lowest BCUT2D eigenvalue weighted by Crippen LogP contribution is -2.45. The third-order valence-electron chi connectivity index (χ3n) is 4.44. The molecule has 5 heteroatoms. The van der Waals surface area contributed by atoms with Crippen LogP contribution < -0.4 is 11.1 Å². The van der Waals surface area contributed by atoms with Gasteiger partial charge < -0.3 is 20.7 Å². The van der Waals surface area contributed by atoms with Gasteiger partial charge in [0.25, 0.3) is 5.91 Å². The van der Waals surface area contributed by atoms with Crippen molar-refractivity contribution in [2.75, 3.05) is 12.3 Å². The normalized spacial score (nSPS) is 26.0. The maximum atomic E-state index is 12.3. The standard InChI is InChI=1S/C16H27N3O2/c1-11(2)19-9-13(17)8-14(19)15(20)18-10-16(21)6-4-12(3)5-7-16/h8-9,11-12,21H,4-7,10,17H2,1-3H3,(H,18,20). The Labute approximate surface area is 126 Å². The monoisotopic (exact) mass is 293 g/mol. The number of nitrogens with zero attached hydrogens (tertiary/aromatic N) is 1. The Hall–Kier alpha value is -1.49. The molecule has 1 aliphatic carbocycles. The summed E-state index contributed by atoms with van der Waals surface area (Å²) < 4.78 is 1.86. The Morgan fingerprint density at radius 1 is 1.52 bits per heavy atom. The third-order valence-corrected chi connectivity index (χ3v) is 4.44. The lowest BCUT2D eigenvalue weighted by molar-refractivity contribution is -0.00547. The molecular weight excluding hydrogens is 266 g/mol. The predicted molar refractivity (Wildman–Crippen MR) is 84.1 cm³/mol. The van der Waals surface area contributed by atoms with Crippen molar-refractivity contribution < 1.29 is 9.90 Å². The molecular formula is C16H27N3O2. The molecule has 0 radical (unpaired) electrons. The van der Waals surface area contributed by atoms with E-state index in [9.17, 15) is 9.90 Å². The molecule has 0 aliphatic heterocycles. The van der Waals surface area contributed by atoms with Gasteiger partial charge in [-0.25, -0.2) is 0 Å². The van der Waals surface area contributed by atoms with E-state index in [1.54, 1.807) is 12.3 Å². The number of carbonyl (C=O) groups is 1. The largest absolute Gasteiger partial charge is 0.397 e. The molecule has 1 saturated carbocycles. The smallest absolute Gasteiger partial charge is 0.268 e. The summed E-state index contributed by atoms with van der Waals surface area (Å²) in [7, 11) is 0. The molecule has 0 unspecified atom stereocenters. The van der Waals surface area contributed by atoms with E-state index in [2.05, 4.69) is 12.2 Å². The van der Waals surface area contributed by atoms with E-state index in [1.165, 1.54) is 0 Å². The predicted octanol–water partition coefficient (Wildman–Crippen LogP) is 2.32. The van der Waals surface area contributed by atoms with Crippen LogP contribution in [-0.2, 0) is 0 Å². The van der Waals surface area contributed by atoms with Crippen LogP contribution in [0.3, 0.4) is 0 Å². The first-order valence-electron chi connectivity index (χ1n) is 7.79. The summed E-state index contributed by atoms with van der Waals surface area (Å²) in [6.07, 6.45) is 5.31. The number of hydrogen-bond acceptors (Lipinski definition) is 3. The van der Waals surface area contributed by atoms with Gasteiger partial charge in [0.2, 0.25) is 0 Å². The van der Waals surface area contributed by atoms with E-state index in [0.29, 0.717) is 23.8 Å². The van der Waals surface area contributed by atoms with Crippen molar-refractivity contribution >= 4 is 11.6 Å². The van der Waals surface area contributed by atoms with E-state index >= 15 is 0 Å². The van der Waals surface area contributed by atoms with Crippen LogP contribution in [0.15, 0.2) is 12.3 Å². The number of anilines is 1. The topological polar surface area (TPSA) is 80.3 Å². The minimum atomic E-state index is -0.761. The van der Waals surface area contributed by atoms with Crippen molar-refractivity contribution in [3.8, 4) is 0 Å². The van der Waals surface area contributed by atoms with Crippen molar-refractivity contribution in [3.05, 3.63) is 18.0 Å². The summed E-state index contributed by atoms with van der Waals surface area (Å²) in [5, 5.41) is 13.4. The molecule has 2 rings (SSSR count). The van der Waals surface area contributed by atoms with Gasteiger partial charge >= 0.3 is 0 Å². The van der Waals surface area contributed by atoms with Crippen LogP contribution in [0, 0.1) is 5.92 Å². The van der Waals surface area contributed by atoms with Crippen LogP contribution in [-0.4, -0.2) is 27.7 Å². The number of hydrogen-bond donors (Lipinski definition) is 3. The Morgan fingerprint density at radius 2 is 2.14 bits per heavy atom. The lowest BCUT2D eigenvalue weighted by atomic mass is 9.79. The van der Waals surface area contributed by atoms with Crippen LogP contribution in [0.25, 0.3) is 0 Å². The van der Waals surface area contributed by atoms with Gasteiger partial charge in [-0.15, -0.1) is 0 Å². The van der Waals surface area contributed by atoms with Crippen molar-refractivity contribution in [3.63, 3.8) is 0 Å². The number of nitrogens with two attached hydrogens (primary N) is 1. The zero-order chi connectivity index (χ0) is 15.6. The fourth-order valence-corrected chi connectivity index (χ4v) is 2.92. The van der Waals surface area contributed by atoms with Gasteiger partial charge in [0.1, 0.15) is 5.69 Å². The van der Waals surface area contributed by atoms with Gasteiger partial charge in [0.15, 0.2) is 0 Å². The highest BCUT2D eigenvalue weighted by Crippen LogP contribution is 2.31. The second kappa shape index (κ2) is 6.10. The fraction of sp³-hybridized carbons (Fsp3) is 0.688. The highest BCUT2D eigenvalue weighted by molar-refractivity contribution is 5.93. The van der Waals surface area contributed by atoms with Gasteiger partial charge in [-0.2, -0.15) is 0 Å². The van der Waals surface area contributed by atoms with E-state index in [-0.39, 0.29) is 11.9 Å². The van der Waals surface area contributed by atoms with E-state index < -0.39 is 5.60 Å². The Kier molecular flexibility index (Phi) is 4.61. The van der Waals surface area contributed by atoms with Crippen molar-refractivity contribution in [2.24, 2.45) is 5.92 Å². The first kappa shape index (κ1) is 15.9. The molecule has 4 N–H and O–H groups in total. The molecule has 0 aromatic carbocycles. The Morgan fingerprint density at radius 3 is 2.71 bits per heavy atom. The van der Waals surface area contributed by atoms with Crippen molar-refractivity contribution in [1.82, 2.24) is 9.88 Å². The van der Waals surface area contributed by atoms with E-state index in [4.69, 9.17) is 5.73 Å². The summed E-state index contributed by atoms with van der Waals surface area (Å²) in [4.78, 5) is 12.3. The maximum Gasteiger partial charge on any atom is 0.268 e. The van der Waals surface area contributed by atoms with Gasteiger partial charge in [-0.1, -0.05) is 6.92 Å². The van der Waals surface area contributed by atoms with Crippen LogP contribution in [0.5, 0.6) is 0 Å². The summed E-state index contributed by atoms with van der Waals surface area (Å²) in [5.74, 6) is 0.492. The van der Waals surface area contributed by atoms with Crippen LogP contribution >= 0.6 is 0 Å². The highest BCUT2D eigenvalue weighted by Gasteiger charge is 2.32. The molecule has 0 saturated heterocycles. The molecule has 1 fully saturated rings. The average Bonchev–Trinajstić information content (AvgIpc) is 2.82. The second-order valence-corrected chi connectivity index (χ2v) is 6.75. The van der Waals surface area contributed by atoms with Gasteiger partial charge in [-0.05, 0) is 51.5 Å². The minimum Gasteiger partial charge on any atom is -0.397 e. The number of aliphatic hydroxyl groups is 1.